The number of rotatable bonds is 4. The highest BCUT2D eigenvalue weighted by Gasteiger charge is 2.40. The Labute approximate surface area is 117 Å². The number of nitrogens with zero attached hydrogens (tertiary/aromatic N) is 1. The fourth-order valence-corrected chi connectivity index (χ4v) is 2.63. The second-order valence-corrected chi connectivity index (χ2v) is 5.50. The lowest BCUT2D eigenvalue weighted by molar-refractivity contribution is -0.130. The third-order valence-corrected chi connectivity index (χ3v) is 3.86. The summed E-state index contributed by atoms with van der Waals surface area (Å²) in [4.78, 5) is 25.7. The van der Waals surface area contributed by atoms with Crippen molar-refractivity contribution in [2.45, 2.75) is 37.5 Å². The van der Waals surface area contributed by atoms with E-state index < -0.39 is 12.0 Å². The molecule has 0 aromatic heterocycles. The van der Waals surface area contributed by atoms with E-state index in [0.29, 0.717) is 24.6 Å². The number of benzene rings is 1. The first-order valence-electron chi connectivity index (χ1n) is 6.98. The van der Waals surface area contributed by atoms with Crippen LogP contribution in [-0.2, 0) is 9.59 Å². The molecule has 2 N–H and O–H groups in total. The van der Waals surface area contributed by atoms with E-state index >= 15 is 0 Å². The minimum absolute atomic E-state index is 0.104. The van der Waals surface area contributed by atoms with E-state index in [-0.39, 0.29) is 11.9 Å². The number of likely N-dealkylation sites (tertiary alicyclic amines) is 1. The van der Waals surface area contributed by atoms with Crippen molar-refractivity contribution in [3.8, 4) is 0 Å². The van der Waals surface area contributed by atoms with Gasteiger partial charge in [-0.3, -0.25) is 9.59 Å². The first kappa shape index (κ1) is 13.1. The van der Waals surface area contributed by atoms with Gasteiger partial charge in [0.1, 0.15) is 0 Å². The molecule has 5 heteroatoms. The molecule has 1 aromatic rings. The molecule has 1 aliphatic carbocycles. The van der Waals surface area contributed by atoms with Crippen LogP contribution < -0.4 is 5.32 Å². The van der Waals surface area contributed by atoms with Gasteiger partial charge in [-0.25, -0.2) is 0 Å². The van der Waals surface area contributed by atoms with Crippen molar-refractivity contribution in [2.24, 2.45) is 0 Å². The average Bonchev–Trinajstić information content (AvgIpc) is 3.23. The van der Waals surface area contributed by atoms with Crippen molar-refractivity contribution in [1.29, 1.82) is 0 Å². The monoisotopic (exact) mass is 274 g/mol. The Morgan fingerprint density at radius 1 is 1.30 bits per heavy atom. The molecule has 1 saturated heterocycles. The molecular formula is C15H18N2O3. The predicted molar refractivity (Wildman–Crippen MR) is 72.7 cm³/mol. The Balaban J connectivity index is 1.58. The molecule has 106 valence electrons. The van der Waals surface area contributed by atoms with E-state index in [2.05, 4.69) is 5.32 Å². The van der Waals surface area contributed by atoms with Gasteiger partial charge in [-0.1, -0.05) is 30.3 Å². The molecule has 1 saturated carbocycles. The Morgan fingerprint density at radius 2 is 2.00 bits per heavy atom. The van der Waals surface area contributed by atoms with Crippen LogP contribution in [-0.4, -0.2) is 40.4 Å². The van der Waals surface area contributed by atoms with Gasteiger partial charge in [0.05, 0.1) is 6.04 Å². The number of hydrogen-bond acceptors (Lipinski definition) is 3. The summed E-state index contributed by atoms with van der Waals surface area (Å²) >= 11 is 0. The summed E-state index contributed by atoms with van der Waals surface area (Å²) in [5.41, 5.74) is 0.563. The van der Waals surface area contributed by atoms with Crippen LogP contribution in [0.3, 0.4) is 0 Å². The molecule has 0 spiro atoms. The van der Waals surface area contributed by atoms with Gasteiger partial charge in [-0.2, -0.15) is 0 Å². The van der Waals surface area contributed by atoms with Crippen molar-refractivity contribution >= 4 is 11.8 Å². The van der Waals surface area contributed by atoms with E-state index in [9.17, 15) is 14.7 Å². The highest BCUT2D eigenvalue weighted by Crippen LogP contribution is 2.30. The number of carbonyl (C=O) groups excluding carboxylic acids is 2. The summed E-state index contributed by atoms with van der Waals surface area (Å²) < 4.78 is 0. The predicted octanol–water partition coefficient (Wildman–Crippen LogP) is 0.599. The third kappa shape index (κ3) is 2.67. The molecule has 2 amide bonds. The Morgan fingerprint density at radius 3 is 2.65 bits per heavy atom. The fourth-order valence-electron chi connectivity index (χ4n) is 2.63. The van der Waals surface area contributed by atoms with E-state index in [4.69, 9.17) is 0 Å². The Hall–Kier alpha value is -1.88. The molecule has 2 atom stereocenters. The third-order valence-electron chi connectivity index (χ3n) is 3.86. The van der Waals surface area contributed by atoms with Crippen molar-refractivity contribution in [3.63, 3.8) is 0 Å². The SMILES string of the molecule is O=C(NC1CC(=O)N(C2CC2)C1)C(O)c1ccccc1. The standard InChI is InChI=1S/C15H18N2O3/c18-13-8-11(9-17(13)12-6-7-12)16-15(20)14(19)10-4-2-1-3-5-10/h1-5,11-12,14,19H,6-9H2,(H,16,20). The first-order valence-corrected chi connectivity index (χ1v) is 6.98. The van der Waals surface area contributed by atoms with Crippen LogP contribution in [0.1, 0.15) is 30.9 Å². The first-order chi connectivity index (χ1) is 9.65. The molecule has 1 heterocycles. The van der Waals surface area contributed by atoms with Crippen LogP contribution in [0.25, 0.3) is 0 Å². The van der Waals surface area contributed by atoms with Crippen LogP contribution >= 0.6 is 0 Å². The lowest BCUT2D eigenvalue weighted by atomic mass is 10.1. The number of hydrogen-bond donors (Lipinski definition) is 2. The van der Waals surface area contributed by atoms with E-state index in [0.717, 1.165) is 12.8 Å². The Bertz CT molecular complexity index is 513. The molecule has 20 heavy (non-hydrogen) atoms. The van der Waals surface area contributed by atoms with E-state index in [1.54, 1.807) is 24.3 Å². The molecule has 0 bridgehead atoms. The van der Waals surface area contributed by atoms with Gasteiger partial charge in [0.15, 0.2) is 6.10 Å². The molecule has 1 aromatic carbocycles. The number of aliphatic hydroxyl groups is 1. The number of amides is 2. The van der Waals surface area contributed by atoms with Crippen molar-refractivity contribution in [3.05, 3.63) is 35.9 Å². The number of carbonyl (C=O) groups is 2. The smallest absolute Gasteiger partial charge is 0.253 e. The average molecular weight is 274 g/mol. The van der Waals surface area contributed by atoms with E-state index in [1.165, 1.54) is 0 Å². The molecule has 2 fully saturated rings. The summed E-state index contributed by atoms with van der Waals surface area (Å²) in [6.45, 7) is 0.566. The van der Waals surface area contributed by atoms with Crippen molar-refractivity contribution < 1.29 is 14.7 Å². The minimum Gasteiger partial charge on any atom is -0.378 e. The van der Waals surface area contributed by atoms with Crippen LogP contribution in [0.4, 0.5) is 0 Å². The zero-order valence-electron chi connectivity index (χ0n) is 11.2. The van der Waals surface area contributed by atoms with Gasteiger partial charge >= 0.3 is 0 Å². The van der Waals surface area contributed by atoms with Gasteiger partial charge in [-0.15, -0.1) is 0 Å². The maximum atomic E-state index is 12.0. The van der Waals surface area contributed by atoms with Crippen LogP contribution in [0, 0.1) is 0 Å². The second kappa shape index (κ2) is 5.25. The van der Waals surface area contributed by atoms with Crippen molar-refractivity contribution in [2.75, 3.05) is 6.54 Å². The molecule has 0 radical (unpaired) electrons. The normalized spacial score (nSPS) is 23.8. The summed E-state index contributed by atoms with van der Waals surface area (Å²) in [5.74, 6) is -0.335. The highest BCUT2D eigenvalue weighted by atomic mass is 16.3. The zero-order valence-corrected chi connectivity index (χ0v) is 11.2. The van der Waals surface area contributed by atoms with Crippen LogP contribution in [0.5, 0.6) is 0 Å². The molecule has 2 unspecified atom stereocenters. The highest BCUT2D eigenvalue weighted by molar-refractivity contribution is 5.85. The van der Waals surface area contributed by atoms with Gasteiger partial charge in [0, 0.05) is 19.0 Å². The van der Waals surface area contributed by atoms with Gasteiger partial charge in [0.25, 0.3) is 5.91 Å². The maximum Gasteiger partial charge on any atom is 0.253 e. The lowest BCUT2D eigenvalue weighted by Gasteiger charge is -2.18. The molecule has 5 nitrogen and oxygen atoms in total. The maximum absolute atomic E-state index is 12.0. The second-order valence-electron chi connectivity index (χ2n) is 5.50. The zero-order chi connectivity index (χ0) is 14.1. The van der Waals surface area contributed by atoms with Gasteiger partial charge in [-0.05, 0) is 18.4 Å². The summed E-state index contributed by atoms with van der Waals surface area (Å²) in [6, 6.07) is 9.00. The Kier molecular flexibility index (Phi) is 3.44. The molecule has 2 aliphatic rings. The molecular weight excluding hydrogens is 256 g/mol. The summed E-state index contributed by atoms with van der Waals surface area (Å²) in [7, 11) is 0. The van der Waals surface area contributed by atoms with Crippen LogP contribution in [0.15, 0.2) is 30.3 Å². The summed E-state index contributed by atoms with van der Waals surface area (Å²) in [5, 5.41) is 12.8. The number of aliphatic hydroxyl groups excluding tert-OH is 1. The van der Waals surface area contributed by atoms with Crippen LogP contribution in [0.2, 0.25) is 0 Å². The summed E-state index contributed by atoms with van der Waals surface area (Å²) in [6.07, 6.45) is 1.29. The minimum atomic E-state index is -1.18. The number of nitrogens with one attached hydrogen (secondary N) is 1. The van der Waals surface area contributed by atoms with E-state index in [1.807, 2.05) is 11.0 Å². The largest absolute Gasteiger partial charge is 0.378 e. The molecule has 1 aliphatic heterocycles. The fraction of sp³-hybridized carbons (Fsp3) is 0.467. The van der Waals surface area contributed by atoms with Crippen molar-refractivity contribution in [1.82, 2.24) is 10.2 Å². The van der Waals surface area contributed by atoms with Gasteiger partial charge < -0.3 is 15.3 Å². The lowest BCUT2D eigenvalue weighted by Crippen LogP contribution is -2.40. The quantitative estimate of drug-likeness (QED) is 0.844. The van der Waals surface area contributed by atoms with Gasteiger partial charge in [0.2, 0.25) is 5.91 Å². The topological polar surface area (TPSA) is 69.6 Å². The molecule has 3 rings (SSSR count).